The Labute approximate surface area is 106 Å². The first-order valence-electron chi connectivity index (χ1n) is 6.20. The quantitative estimate of drug-likeness (QED) is 0.755. The number of carbonyl (C=O) groups excluding carboxylic acids is 1. The van der Waals surface area contributed by atoms with Gasteiger partial charge in [0.2, 0.25) is 5.91 Å². The summed E-state index contributed by atoms with van der Waals surface area (Å²) < 4.78 is 5.60. The van der Waals surface area contributed by atoms with E-state index in [2.05, 4.69) is 6.07 Å². The summed E-state index contributed by atoms with van der Waals surface area (Å²) in [6.07, 6.45) is 1.16. The van der Waals surface area contributed by atoms with Crippen molar-refractivity contribution in [1.82, 2.24) is 4.90 Å². The van der Waals surface area contributed by atoms with Gasteiger partial charge in [-0.3, -0.25) is 4.79 Å². The predicted octanol–water partition coefficient (Wildman–Crippen LogP) is 1.88. The van der Waals surface area contributed by atoms with Gasteiger partial charge in [-0.25, -0.2) is 0 Å². The first-order chi connectivity index (χ1) is 8.79. The molecule has 1 saturated heterocycles. The van der Waals surface area contributed by atoms with E-state index in [0.717, 1.165) is 17.7 Å². The van der Waals surface area contributed by atoms with Gasteiger partial charge >= 0.3 is 0 Å². The van der Waals surface area contributed by atoms with Gasteiger partial charge in [0, 0.05) is 24.9 Å². The predicted molar refractivity (Wildman–Crippen MR) is 64.7 cm³/mol. The summed E-state index contributed by atoms with van der Waals surface area (Å²) in [6.45, 7) is 1.18. The molecular weight excluding hydrogens is 228 g/mol. The van der Waals surface area contributed by atoms with E-state index in [-0.39, 0.29) is 17.9 Å². The topological polar surface area (TPSA) is 53.3 Å². The van der Waals surface area contributed by atoms with E-state index in [0.29, 0.717) is 19.6 Å². The number of fused-ring (bicyclic) bond motifs is 1. The minimum Gasteiger partial charge on any atom is -0.493 e. The lowest BCUT2D eigenvalue weighted by molar-refractivity contribution is -0.130. The second-order valence-corrected chi connectivity index (χ2v) is 4.77. The molecule has 2 heterocycles. The van der Waals surface area contributed by atoms with Gasteiger partial charge in [0.15, 0.2) is 0 Å². The van der Waals surface area contributed by atoms with Gasteiger partial charge < -0.3 is 9.64 Å². The zero-order valence-electron chi connectivity index (χ0n) is 10.0. The van der Waals surface area contributed by atoms with Crippen molar-refractivity contribution in [2.75, 3.05) is 13.2 Å². The fourth-order valence-electron chi connectivity index (χ4n) is 2.77. The van der Waals surface area contributed by atoms with Gasteiger partial charge in [-0.05, 0) is 6.07 Å². The lowest BCUT2D eigenvalue weighted by Crippen LogP contribution is -2.33. The van der Waals surface area contributed by atoms with E-state index in [1.807, 2.05) is 29.2 Å². The molecule has 0 radical (unpaired) electrons. The summed E-state index contributed by atoms with van der Waals surface area (Å²) in [5.41, 5.74) is 1.07. The number of amides is 1. The normalized spacial score (nSPS) is 26.4. The SMILES string of the molecule is N#CC1CC(=O)N(C2CCOc3ccccc32)C1. The van der Waals surface area contributed by atoms with Crippen LogP contribution >= 0.6 is 0 Å². The van der Waals surface area contributed by atoms with Crippen molar-refractivity contribution in [2.24, 2.45) is 5.92 Å². The van der Waals surface area contributed by atoms with Crippen molar-refractivity contribution in [3.8, 4) is 11.8 Å². The van der Waals surface area contributed by atoms with Gasteiger partial charge in [0.1, 0.15) is 5.75 Å². The molecule has 0 N–H and O–H groups in total. The Morgan fingerprint density at radius 2 is 2.22 bits per heavy atom. The van der Waals surface area contributed by atoms with Crippen molar-refractivity contribution >= 4 is 5.91 Å². The maximum atomic E-state index is 12.0. The van der Waals surface area contributed by atoms with E-state index >= 15 is 0 Å². The van der Waals surface area contributed by atoms with Crippen LogP contribution in [-0.4, -0.2) is 24.0 Å². The Kier molecular flexibility index (Phi) is 2.67. The third kappa shape index (κ3) is 1.72. The van der Waals surface area contributed by atoms with Gasteiger partial charge in [0.05, 0.1) is 24.6 Å². The molecule has 0 aromatic heterocycles. The largest absolute Gasteiger partial charge is 0.493 e. The van der Waals surface area contributed by atoms with Crippen molar-refractivity contribution in [3.63, 3.8) is 0 Å². The number of benzene rings is 1. The van der Waals surface area contributed by atoms with Crippen LogP contribution in [0.25, 0.3) is 0 Å². The molecule has 1 aromatic rings. The number of hydrogen-bond donors (Lipinski definition) is 0. The molecule has 2 unspecified atom stereocenters. The van der Waals surface area contributed by atoms with E-state index in [1.165, 1.54) is 0 Å². The van der Waals surface area contributed by atoms with Gasteiger partial charge in [0.25, 0.3) is 0 Å². The highest BCUT2D eigenvalue weighted by Crippen LogP contribution is 2.38. The first-order valence-corrected chi connectivity index (χ1v) is 6.20. The average molecular weight is 242 g/mol. The second kappa shape index (κ2) is 4.34. The second-order valence-electron chi connectivity index (χ2n) is 4.77. The number of rotatable bonds is 1. The number of nitriles is 1. The maximum absolute atomic E-state index is 12.0. The van der Waals surface area contributed by atoms with Crippen molar-refractivity contribution in [1.29, 1.82) is 5.26 Å². The first kappa shape index (κ1) is 11.1. The van der Waals surface area contributed by atoms with Crippen molar-refractivity contribution in [2.45, 2.75) is 18.9 Å². The molecular formula is C14H14N2O2. The molecule has 2 aliphatic rings. The molecule has 3 rings (SSSR count). The maximum Gasteiger partial charge on any atom is 0.224 e. The Hall–Kier alpha value is -2.02. The molecule has 92 valence electrons. The standard InChI is InChI=1S/C14H14N2O2/c15-8-10-7-14(17)16(9-10)12-5-6-18-13-4-2-1-3-11(12)13/h1-4,10,12H,5-7,9H2. The van der Waals surface area contributed by atoms with Crippen LogP contribution in [-0.2, 0) is 4.79 Å². The van der Waals surface area contributed by atoms with Gasteiger partial charge in [-0.2, -0.15) is 5.26 Å². The van der Waals surface area contributed by atoms with Crippen LogP contribution in [0.2, 0.25) is 0 Å². The molecule has 2 aliphatic heterocycles. The minimum atomic E-state index is -0.160. The van der Waals surface area contributed by atoms with Crippen molar-refractivity contribution in [3.05, 3.63) is 29.8 Å². The molecule has 0 aliphatic carbocycles. The van der Waals surface area contributed by atoms with E-state index in [9.17, 15) is 4.79 Å². The Morgan fingerprint density at radius 3 is 3.00 bits per heavy atom. The number of nitrogens with zero attached hydrogens (tertiary/aromatic N) is 2. The van der Waals surface area contributed by atoms with Gasteiger partial charge in [-0.1, -0.05) is 18.2 Å². The van der Waals surface area contributed by atoms with Crippen LogP contribution in [0.1, 0.15) is 24.4 Å². The summed E-state index contributed by atoms with van der Waals surface area (Å²) in [5.74, 6) is 0.790. The van der Waals surface area contributed by atoms with Crippen LogP contribution in [0.5, 0.6) is 5.75 Å². The highest BCUT2D eigenvalue weighted by Gasteiger charge is 2.37. The van der Waals surface area contributed by atoms with Crippen LogP contribution in [0.3, 0.4) is 0 Å². The molecule has 2 atom stereocenters. The summed E-state index contributed by atoms with van der Waals surface area (Å²) >= 11 is 0. The zero-order valence-corrected chi connectivity index (χ0v) is 10.0. The fourth-order valence-corrected chi connectivity index (χ4v) is 2.77. The number of hydrogen-bond acceptors (Lipinski definition) is 3. The molecule has 1 fully saturated rings. The average Bonchev–Trinajstić information content (AvgIpc) is 2.79. The van der Waals surface area contributed by atoms with E-state index in [1.54, 1.807) is 0 Å². The summed E-state index contributed by atoms with van der Waals surface area (Å²) in [5, 5.41) is 8.94. The monoisotopic (exact) mass is 242 g/mol. The summed E-state index contributed by atoms with van der Waals surface area (Å²) in [7, 11) is 0. The number of ether oxygens (including phenoxy) is 1. The van der Waals surface area contributed by atoms with Crippen LogP contribution in [0, 0.1) is 17.2 Å². The number of para-hydroxylation sites is 1. The Bertz CT molecular complexity index is 521. The minimum absolute atomic E-state index is 0.0702. The highest BCUT2D eigenvalue weighted by atomic mass is 16.5. The molecule has 0 saturated carbocycles. The van der Waals surface area contributed by atoms with Crippen molar-refractivity contribution < 1.29 is 9.53 Å². The van der Waals surface area contributed by atoms with E-state index in [4.69, 9.17) is 10.00 Å². The van der Waals surface area contributed by atoms with Crippen LogP contribution < -0.4 is 4.74 Å². The molecule has 18 heavy (non-hydrogen) atoms. The molecule has 1 aromatic carbocycles. The third-order valence-corrected chi connectivity index (χ3v) is 3.64. The van der Waals surface area contributed by atoms with Crippen LogP contribution in [0.15, 0.2) is 24.3 Å². The van der Waals surface area contributed by atoms with Crippen LogP contribution in [0.4, 0.5) is 0 Å². The number of carbonyl (C=O) groups is 1. The molecule has 1 amide bonds. The molecule has 0 bridgehead atoms. The van der Waals surface area contributed by atoms with E-state index < -0.39 is 0 Å². The number of likely N-dealkylation sites (tertiary alicyclic amines) is 1. The molecule has 4 heteroatoms. The lowest BCUT2D eigenvalue weighted by atomic mass is 9.99. The Balaban J connectivity index is 1.91. The molecule has 4 nitrogen and oxygen atoms in total. The molecule has 0 spiro atoms. The summed E-state index contributed by atoms with van der Waals surface area (Å²) in [4.78, 5) is 13.8. The third-order valence-electron chi connectivity index (χ3n) is 3.64. The zero-order chi connectivity index (χ0) is 12.5. The smallest absolute Gasteiger partial charge is 0.224 e. The lowest BCUT2D eigenvalue weighted by Gasteiger charge is -2.33. The Morgan fingerprint density at radius 1 is 1.39 bits per heavy atom. The highest BCUT2D eigenvalue weighted by molar-refractivity contribution is 5.79. The summed E-state index contributed by atoms with van der Waals surface area (Å²) in [6, 6.07) is 10.1. The fraction of sp³-hybridized carbons (Fsp3) is 0.429. The van der Waals surface area contributed by atoms with Gasteiger partial charge in [-0.15, -0.1) is 0 Å².